The van der Waals surface area contributed by atoms with Gasteiger partial charge in [0.15, 0.2) is 17.6 Å². The number of pyridine rings is 1. The fraction of sp³-hybridized carbons (Fsp3) is 0.357. The maximum absolute atomic E-state index is 14.3. The molecule has 2 aromatic carbocycles. The van der Waals surface area contributed by atoms with E-state index in [1.54, 1.807) is 13.8 Å². The Morgan fingerprint density at radius 1 is 1.15 bits per heavy atom. The highest BCUT2D eigenvalue weighted by Gasteiger charge is 2.60. The fourth-order valence-corrected chi connectivity index (χ4v) is 4.15. The van der Waals surface area contributed by atoms with Gasteiger partial charge in [-0.15, -0.1) is 0 Å². The average Bonchev–Trinajstić information content (AvgIpc) is 3.49. The zero-order valence-corrected chi connectivity index (χ0v) is 22.8. The minimum absolute atomic E-state index is 0.0294. The molecule has 1 saturated carbocycles. The Morgan fingerprint density at radius 3 is 2.39 bits per heavy atom. The van der Waals surface area contributed by atoms with E-state index >= 15 is 0 Å². The number of halogens is 7. The van der Waals surface area contributed by atoms with Crippen LogP contribution in [0.15, 0.2) is 48.5 Å². The third-order valence-electron chi connectivity index (χ3n) is 6.49. The maximum atomic E-state index is 14.3. The van der Waals surface area contributed by atoms with Crippen LogP contribution >= 0.6 is 11.6 Å². The number of benzene rings is 2. The molecule has 0 aliphatic heterocycles. The number of rotatable bonds is 9. The van der Waals surface area contributed by atoms with Gasteiger partial charge in [-0.1, -0.05) is 11.6 Å². The van der Waals surface area contributed by atoms with E-state index in [0.29, 0.717) is 5.56 Å². The highest BCUT2D eigenvalue weighted by Crippen LogP contribution is 2.46. The van der Waals surface area contributed by atoms with Crippen molar-refractivity contribution in [3.63, 3.8) is 0 Å². The number of nitrogens with zero attached hydrogens (tertiary/aromatic N) is 1. The van der Waals surface area contributed by atoms with E-state index in [1.165, 1.54) is 49.6 Å². The molecule has 0 saturated heterocycles. The molecule has 2 unspecified atom stereocenters. The van der Waals surface area contributed by atoms with Gasteiger partial charge in [-0.05, 0) is 67.9 Å². The van der Waals surface area contributed by atoms with Crippen LogP contribution in [0.3, 0.4) is 0 Å². The first-order valence-electron chi connectivity index (χ1n) is 12.3. The molecule has 13 heteroatoms. The molecule has 0 spiro atoms. The zero-order valence-electron chi connectivity index (χ0n) is 22.1. The van der Waals surface area contributed by atoms with E-state index in [-0.39, 0.29) is 33.3 Å². The van der Waals surface area contributed by atoms with Crippen molar-refractivity contribution in [2.45, 2.75) is 49.9 Å². The molecule has 1 heterocycles. The molecular weight excluding hydrogens is 576 g/mol. The Kier molecular flexibility index (Phi) is 8.21. The fourth-order valence-electron chi connectivity index (χ4n) is 3.97. The van der Waals surface area contributed by atoms with Crippen molar-refractivity contribution in [3.8, 4) is 22.8 Å². The van der Waals surface area contributed by atoms with Gasteiger partial charge in [-0.3, -0.25) is 9.78 Å². The molecule has 41 heavy (non-hydrogen) atoms. The molecule has 1 fully saturated rings. The molecule has 1 amide bonds. The van der Waals surface area contributed by atoms with Crippen molar-refractivity contribution >= 4 is 17.5 Å². The van der Waals surface area contributed by atoms with Crippen molar-refractivity contribution in [1.82, 2.24) is 10.3 Å². The highest BCUT2D eigenvalue weighted by molar-refractivity contribution is 6.31. The number of nitrogens with two attached hydrogens (primary N) is 1. The quantitative estimate of drug-likeness (QED) is 0.270. The van der Waals surface area contributed by atoms with Crippen LogP contribution in [0.4, 0.5) is 26.3 Å². The smallest absolute Gasteiger partial charge is 0.398 e. The van der Waals surface area contributed by atoms with Gasteiger partial charge in [0.2, 0.25) is 0 Å². The number of nitrogens with one attached hydrogen (secondary N) is 1. The number of hydrogen-bond acceptors (Lipinski definition) is 5. The summed E-state index contributed by atoms with van der Waals surface area (Å²) >= 11 is 5.88. The number of hydrogen-bond donors (Lipinski definition) is 2. The lowest BCUT2D eigenvalue weighted by Crippen LogP contribution is -2.36. The standard InChI is InChI=1S/C28H26ClF6N3O3/c1-26(2,36)16-10-20(14-4-6-19(30)18(29)8-14)38-21(11-16)17(28(33,34)35)13-37-25(39)15-5-7-22(23(9-15)40-3)41-24-12-27(24,31)32/h4-11,17,24H,12-13,36H2,1-3H3,(H,37,39). The van der Waals surface area contributed by atoms with Crippen LogP contribution in [0.2, 0.25) is 5.02 Å². The topological polar surface area (TPSA) is 86.5 Å². The zero-order chi connectivity index (χ0) is 30.3. The predicted molar refractivity (Wildman–Crippen MR) is 140 cm³/mol. The summed E-state index contributed by atoms with van der Waals surface area (Å²) in [6.45, 7) is 2.31. The minimum Gasteiger partial charge on any atom is -0.493 e. The molecule has 3 aromatic rings. The molecule has 6 nitrogen and oxygen atoms in total. The Hall–Kier alpha value is -3.51. The lowest BCUT2D eigenvalue weighted by atomic mass is 9.91. The van der Waals surface area contributed by atoms with Gasteiger partial charge in [0.05, 0.1) is 29.9 Å². The van der Waals surface area contributed by atoms with Crippen LogP contribution in [-0.4, -0.2) is 42.7 Å². The summed E-state index contributed by atoms with van der Waals surface area (Å²) in [4.78, 5) is 17.0. The van der Waals surface area contributed by atoms with E-state index in [9.17, 15) is 31.1 Å². The summed E-state index contributed by atoms with van der Waals surface area (Å²) in [6, 6.07) is 9.98. The van der Waals surface area contributed by atoms with Crippen LogP contribution in [0.1, 0.15) is 47.8 Å². The summed E-state index contributed by atoms with van der Waals surface area (Å²) in [5.74, 6) is -6.84. The van der Waals surface area contributed by atoms with E-state index in [2.05, 4.69) is 10.3 Å². The predicted octanol–water partition coefficient (Wildman–Crippen LogP) is 6.61. The molecule has 220 valence electrons. The van der Waals surface area contributed by atoms with Crippen LogP contribution in [0.25, 0.3) is 11.3 Å². The average molecular weight is 602 g/mol. The lowest BCUT2D eigenvalue weighted by Gasteiger charge is -2.25. The molecule has 4 rings (SSSR count). The second-order valence-electron chi connectivity index (χ2n) is 10.3. The second-order valence-corrected chi connectivity index (χ2v) is 10.7. The molecule has 1 aliphatic rings. The first-order chi connectivity index (χ1) is 19.0. The number of methoxy groups -OCH3 is 1. The summed E-state index contributed by atoms with van der Waals surface area (Å²) < 4.78 is 93.4. The van der Waals surface area contributed by atoms with E-state index in [1.807, 2.05) is 0 Å². The lowest BCUT2D eigenvalue weighted by molar-refractivity contribution is -0.149. The van der Waals surface area contributed by atoms with Crippen LogP contribution in [0, 0.1) is 5.82 Å². The molecule has 1 aliphatic carbocycles. The van der Waals surface area contributed by atoms with Crippen molar-refractivity contribution in [1.29, 1.82) is 0 Å². The van der Waals surface area contributed by atoms with Crippen LogP contribution in [0.5, 0.6) is 11.5 Å². The summed E-state index contributed by atoms with van der Waals surface area (Å²) in [5.41, 5.74) is 5.30. The summed E-state index contributed by atoms with van der Waals surface area (Å²) in [5, 5.41) is 2.02. The highest BCUT2D eigenvalue weighted by atomic mass is 35.5. The van der Waals surface area contributed by atoms with E-state index in [0.717, 1.165) is 6.07 Å². The Morgan fingerprint density at radius 2 is 1.83 bits per heavy atom. The number of carbonyl (C=O) groups excluding carboxylic acids is 1. The van der Waals surface area contributed by atoms with Crippen molar-refractivity contribution in [3.05, 3.63) is 76.2 Å². The Bertz CT molecular complexity index is 1460. The van der Waals surface area contributed by atoms with Crippen LogP contribution < -0.4 is 20.5 Å². The normalized spacial score (nSPS) is 17.1. The monoisotopic (exact) mass is 601 g/mol. The van der Waals surface area contributed by atoms with Gasteiger partial charge in [-0.25, -0.2) is 13.2 Å². The van der Waals surface area contributed by atoms with Crippen LogP contribution in [-0.2, 0) is 5.54 Å². The number of amides is 1. The molecule has 0 radical (unpaired) electrons. The second kappa shape index (κ2) is 11.1. The summed E-state index contributed by atoms with van der Waals surface area (Å²) in [6.07, 6.45) is -6.61. The molecule has 1 aromatic heterocycles. The Balaban J connectivity index is 1.61. The van der Waals surface area contributed by atoms with Crippen molar-refractivity contribution in [2.75, 3.05) is 13.7 Å². The maximum Gasteiger partial charge on any atom is 0.398 e. The number of carbonyl (C=O) groups is 1. The molecule has 3 N–H and O–H groups in total. The molecule has 2 atom stereocenters. The van der Waals surface area contributed by atoms with E-state index in [4.69, 9.17) is 26.8 Å². The largest absolute Gasteiger partial charge is 0.493 e. The van der Waals surface area contributed by atoms with Gasteiger partial charge in [0, 0.05) is 23.2 Å². The number of alkyl halides is 5. The SMILES string of the molecule is COc1cc(C(=O)NCC(c2cc(C(C)(C)N)cc(-c3ccc(F)c(Cl)c3)n2)C(F)(F)F)ccc1OC1CC1(F)F. The first-order valence-corrected chi connectivity index (χ1v) is 12.7. The Labute approximate surface area is 236 Å². The first kappa shape index (κ1) is 30.4. The van der Waals surface area contributed by atoms with Crippen molar-refractivity contribution in [2.24, 2.45) is 5.73 Å². The molecular formula is C28H26ClF6N3O3. The molecule has 0 bridgehead atoms. The summed E-state index contributed by atoms with van der Waals surface area (Å²) in [7, 11) is 1.23. The van der Waals surface area contributed by atoms with Gasteiger partial charge >= 0.3 is 6.18 Å². The van der Waals surface area contributed by atoms with Gasteiger partial charge < -0.3 is 20.5 Å². The third kappa shape index (κ3) is 7.05. The van der Waals surface area contributed by atoms with Gasteiger partial charge in [0.1, 0.15) is 11.7 Å². The van der Waals surface area contributed by atoms with Gasteiger partial charge in [-0.2, -0.15) is 13.2 Å². The van der Waals surface area contributed by atoms with Gasteiger partial charge in [0.25, 0.3) is 11.8 Å². The number of aromatic nitrogens is 1. The minimum atomic E-state index is -4.83. The third-order valence-corrected chi connectivity index (χ3v) is 6.78. The van der Waals surface area contributed by atoms with E-state index < -0.39 is 60.0 Å². The number of ether oxygens (including phenoxy) is 2. The van der Waals surface area contributed by atoms with Crippen molar-refractivity contribution < 1.29 is 40.6 Å².